The molecule has 0 atom stereocenters. The van der Waals surface area contributed by atoms with Crippen molar-refractivity contribution in [1.29, 1.82) is 0 Å². The number of fused-ring (bicyclic) bond motifs is 2. The molecule has 5 rings (SSSR count). The van der Waals surface area contributed by atoms with Crippen molar-refractivity contribution < 1.29 is 27.4 Å². The van der Waals surface area contributed by atoms with Gasteiger partial charge in [0.05, 0.1) is 30.7 Å². The van der Waals surface area contributed by atoms with E-state index in [0.717, 1.165) is 22.9 Å². The van der Waals surface area contributed by atoms with E-state index in [4.69, 9.17) is 4.74 Å². The van der Waals surface area contributed by atoms with Crippen molar-refractivity contribution in [3.8, 4) is 17.0 Å². The summed E-state index contributed by atoms with van der Waals surface area (Å²) in [5.41, 5.74) is -1.47. The van der Waals surface area contributed by atoms with Crippen LogP contribution in [0.1, 0.15) is 44.7 Å². The smallest absolute Gasteiger partial charge is 0.280 e. The van der Waals surface area contributed by atoms with Gasteiger partial charge in [0.2, 0.25) is 11.8 Å². The molecule has 0 saturated heterocycles. The molecule has 1 aliphatic rings. The number of aliphatic hydroxyl groups is 1. The first-order valence-corrected chi connectivity index (χ1v) is 10.7. The highest BCUT2D eigenvalue weighted by Gasteiger charge is 2.29. The third kappa shape index (κ3) is 3.81. The summed E-state index contributed by atoms with van der Waals surface area (Å²) in [5, 5.41) is 17.7. The van der Waals surface area contributed by atoms with Gasteiger partial charge in [0, 0.05) is 17.8 Å². The first kappa shape index (κ1) is 22.4. The molecule has 0 aromatic carbocycles. The highest BCUT2D eigenvalue weighted by Crippen LogP contribution is 2.36. The van der Waals surface area contributed by atoms with Crippen LogP contribution in [0.5, 0.6) is 5.88 Å². The van der Waals surface area contributed by atoms with Gasteiger partial charge in [-0.3, -0.25) is 4.40 Å². The fourth-order valence-corrected chi connectivity index (χ4v) is 4.43. The topological polar surface area (TPSA) is 89.0 Å². The second-order valence-electron chi connectivity index (χ2n) is 8.76. The molecule has 12 heteroatoms. The second kappa shape index (κ2) is 8.12. The van der Waals surface area contributed by atoms with E-state index in [0.29, 0.717) is 25.7 Å². The number of halogens is 4. The predicted octanol–water partition coefficient (Wildman–Crippen LogP) is 4.37. The molecule has 0 spiro atoms. The number of imidazole rings is 1. The maximum atomic E-state index is 15.1. The lowest BCUT2D eigenvalue weighted by molar-refractivity contribution is 0.0195. The fraction of sp³-hybridized carbons (Fsp3) is 0.409. The molecule has 1 aliphatic carbocycles. The van der Waals surface area contributed by atoms with Gasteiger partial charge >= 0.3 is 0 Å². The van der Waals surface area contributed by atoms with Gasteiger partial charge in [0.25, 0.3) is 6.43 Å². The minimum atomic E-state index is -2.89. The molecule has 0 aliphatic heterocycles. The third-order valence-corrected chi connectivity index (χ3v) is 6.24. The second-order valence-corrected chi connectivity index (χ2v) is 8.76. The van der Waals surface area contributed by atoms with Gasteiger partial charge < -0.3 is 15.2 Å². The Morgan fingerprint density at radius 3 is 2.62 bits per heavy atom. The van der Waals surface area contributed by atoms with Crippen molar-refractivity contribution in [3.05, 3.63) is 42.0 Å². The molecule has 2 N–H and O–H groups in total. The highest BCUT2D eigenvalue weighted by molar-refractivity contribution is 5.85. The van der Waals surface area contributed by atoms with E-state index in [2.05, 4.69) is 20.4 Å². The zero-order chi connectivity index (χ0) is 24.2. The molecular weight excluding hydrogens is 456 g/mol. The maximum absolute atomic E-state index is 15.1. The number of nitrogens with one attached hydrogen (secondary N) is 1. The summed E-state index contributed by atoms with van der Waals surface area (Å²) in [6.45, 7) is 1.80. The monoisotopic (exact) mass is 478 g/mol. The number of methoxy groups -OCH3 is 1. The Kier molecular flexibility index (Phi) is 5.34. The molecule has 8 nitrogen and oxygen atoms in total. The number of pyridine rings is 1. The lowest BCUT2D eigenvalue weighted by Gasteiger charge is -2.33. The van der Waals surface area contributed by atoms with Crippen LogP contribution in [-0.4, -0.2) is 47.8 Å². The molecule has 4 heterocycles. The van der Waals surface area contributed by atoms with Crippen molar-refractivity contribution in [1.82, 2.24) is 24.0 Å². The number of hydrogen-bond donors (Lipinski definition) is 2. The lowest BCUT2D eigenvalue weighted by Crippen LogP contribution is -2.36. The quantitative estimate of drug-likeness (QED) is 0.414. The first-order valence-electron chi connectivity index (χ1n) is 10.7. The van der Waals surface area contributed by atoms with Crippen molar-refractivity contribution in [2.75, 3.05) is 12.4 Å². The van der Waals surface area contributed by atoms with Crippen molar-refractivity contribution in [2.24, 2.45) is 0 Å². The summed E-state index contributed by atoms with van der Waals surface area (Å²) in [6.07, 6.45) is 2.94. The van der Waals surface area contributed by atoms with Crippen LogP contribution in [0.3, 0.4) is 0 Å². The molecule has 1 fully saturated rings. The van der Waals surface area contributed by atoms with E-state index in [9.17, 15) is 18.3 Å². The third-order valence-electron chi connectivity index (χ3n) is 6.24. The Bertz CT molecular complexity index is 1370. The van der Waals surface area contributed by atoms with Crippen molar-refractivity contribution >= 4 is 17.1 Å². The van der Waals surface area contributed by atoms with Crippen molar-refractivity contribution in [2.45, 2.75) is 50.7 Å². The van der Waals surface area contributed by atoms with Crippen LogP contribution in [-0.2, 0) is 0 Å². The molecule has 1 saturated carbocycles. The van der Waals surface area contributed by atoms with Crippen LogP contribution in [0.15, 0.2) is 24.7 Å². The van der Waals surface area contributed by atoms with Gasteiger partial charge in [0.1, 0.15) is 11.2 Å². The van der Waals surface area contributed by atoms with Crippen molar-refractivity contribution in [3.63, 3.8) is 0 Å². The standard InChI is InChI=1S/C22H22F4N6O2/c1-22(33)5-3-12(4-6-22)28-21-29-20(34-2)17-16(14(24)10-32(17)30-21)11-7-13(23)19-27-8-15(18(25)26)31(19)9-11/h7-10,12,18,33H,3-6H2,1-2H3,(H,28,30). The lowest BCUT2D eigenvalue weighted by atomic mass is 9.84. The van der Waals surface area contributed by atoms with Crippen LogP contribution >= 0.6 is 0 Å². The molecule has 0 unspecified atom stereocenters. The molecule has 34 heavy (non-hydrogen) atoms. The summed E-state index contributed by atoms with van der Waals surface area (Å²) in [5.74, 6) is -1.40. The number of anilines is 1. The maximum Gasteiger partial charge on any atom is 0.280 e. The summed E-state index contributed by atoms with van der Waals surface area (Å²) in [4.78, 5) is 8.03. The van der Waals surface area contributed by atoms with Crippen LogP contribution in [0.4, 0.5) is 23.5 Å². The number of nitrogens with zero attached hydrogens (tertiary/aromatic N) is 5. The Morgan fingerprint density at radius 1 is 1.21 bits per heavy atom. The van der Waals surface area contributed by atoms with E-state index in [-0.39, 0.29) is 40.2 Å². The van der Waals surface area contributed by atoms with Gasteiger partial charge in [-0.05, 0) is 38.7 Å². The molecular formula is C22H22F4N6O2. The number of rotatable bonds is 5. The minimum absolute atomic E-state index is 0.00187. The normalized spacial score (nSPS) is 21.0. The van der Waals surface area contributed by atoms with Gasteiger partial charge in [-0.25, -0.2) is 27.1 Å². The van der Waals surface area contributed by atoms with Gasteiger partial charge in [-0.2, -0.15) is 4.98 Å². The number of alkyl halides is 2. The number of hydrogen-bond acceptors (Lipinski definition) is 6. The molecule has 0 radical (unpaired) electrons. The Balaban J connectivity index is 1.58. The summed E-state index contributed by atoms with van der Waals surface area (Å²) >= 11 is 0. The summed E-state index contributed by atoms with van der Waals surface area (Å²) in [7, 11) is 1.35. The highest BCUT2D eigenvalue weighted by atomic mass is 19.3. The van der Waals surface area contributed by atoms with E-state index >= 15 is 4.39 Å². The fourth-order valence-electron chi connectivity index (χ4n) is 4.43. The Morgan fingerprint density at radius 2 is 1.94 bits per heavy atom. The summed E-state index contributed by atoms with van der Waals surface area (Å²) < 4.78 is 64.0. The molecule has 0 bridgehead atoms. The Hall–Kier alpha value is -3.41. The van der Waals surface area contributed by atoms with Crippen LogP contribution in [0, 0.1) is 11.6 Å². The largest absolute Gasteiger partial charge is 0.479 e. The average Bonchev–Trinajstić information content (AvgIpc) is 3.35. The molecule has 4 aromatic heterocycles. The average molecular weight is 478 g/mol. The van der Waals surface area contributed by atoms with Gasteiger partial charge in [-0.15, -0.1) is 5.10 Å². The zero-order valence-corrected chi connectivity index (χ0v) is 18.4. The number of ether oxygens (including phenoxy) is 1. The molecule has 4 aromatic rings. The molecule has 180 valence electrons. The summed E-state index contributed by atoms with van der Waals surface area (Å²) in [6, 6.07) is 1.04. The predicted molar refractivity (Wildman–Crippen MR) is 115 cm³/mol. The van der Waals surface area contributed by atoms with Crippen LogP contribution in [0.2, 0.25) is 0 Å². The molecule has 0 amide bonds. The van der Waals surface area contributed by atoms with Crippen LogP contribution in [0.25, 0.3) is 22.3 Å². The zero-order valence-electron chi connectivity index (χ0n) is 18.4. The first-order chi connectivity index (χ1) is 16.2. The van der Waals surface area contributed by atoms with E-state index in [1.807, 2.05) is 0 Å². The van der Waals surface area contributed by atoms with E-state index in [1.165, 1.54) is 17.8 Å². The van der Waals surface area contributed by atoms with Gasteiger partial charge in [-0.1, -0.05) is 0 Å². The Labute approximate surface area is 191 Å². The van der Waals surface area contributed by atoms with Crippen LogP contribution < -0.4 is 10.1 Å². The SMILES string of the molecule is COc1nc(NC2CCC(C)(O)CC2)nn2cc(F)c(-c3cc(F)c4ncc(C(F)F)n4c3)c12. The van der Waals surface area contributed by atoms with Gasteiger partial charge in [0.15, 0.2) is 17.3 Å². The van der Waals surface area contributed by atoms with E-state index in [1.54, 1.807) is 6.92 Å². The number of aromatic nitrogens is 5. The van der Waals surface area contributed by atoms with E-state index < -0.39 is 29.4 Å². The minimum Gasteiger partial charge on any atom is -0.479 e.